The summed E-state index contributed by atoms with van der Waals surface area (Å²) in [6, 6.07) is 0. The molecule has 56 valence electrons. The van der Waals surface area contributed by atoms with E-state index in [4.69, 9.17) is 9.84 Å². The molecule has 0 aliphatic carbocycles. The summed E-state index contributed by atoms with van der Waals surface area (Å²) in [6.07, 6.45) is 1.71. The summed E-state index contributed by atoms with van der Waals surface area (Å²) in [5.74, 6) is 0. The molecule has 0 radical (unpaired) electrons. The van der Waals surface area contributed by atoms with Gasteiger partial charge in [0.05, 0.1) is 0 Å². The second-order valence-electron chi connectivity index (χ2n) is 1.75. The Morgan fingerprint density at radius 1 is 1.33 bits per heavy atom. The minimum Gasteiger partial charge on any atom is -0.396 e. The summed E-state index contributed by atoms with van der Waals surface area (Å²) in [6.45, 7) is 1.27. The van der Waals surface area contributed by atoms with Crippen LogP contribution in [0.1, 0.15) is 12.8 Å². The first-order chi connectivity index (χ1) is 4.41. The van der Waals surface area contributed by atoms with Crippen LogP contribution in [-0.2, 0) is 9.47 Å². The smallest absolute Gasteiger partial charge is 0.146 e. The Hall–Kier alpha value is -0.120. The number of aliphatic hydroxyl groups excluding tert-OH is 1. The first-order valence-electron chi connectivity index (χ1n) is 3.09. The molecule has 0 aromatic heterocycles. The fourth-order valence-electron chi connectivity index (χ4n) is 0.458. The van der Waals surface area contributed by atoms with Crippen LogP contribution in [0.3, 0.4) is 0 Å². The molecule has 0 saturated carbocycles. The largest absolute Gasteiger partial charge is 0.396 e. The lowest BCUT2D eigenvalue weighted by molar-refractivity contribution is -0.0321. The van der Waals surface area contributed by atoms with E-state index in [2.05, 4.69) is 4.74 Å². The van der Waals surface area contributed by atoms with Crippen LogP contribution in [0.4, 0.5) is 0 Å². The molecule has 1 N–H and O–H groups in total. The van der Waals surface area contributed by atoms with Gasteiger partial charge in [0.1, 0.15) is 6.79 Å². The molecule has 3 heteroatoms. The zero-order valence-corrected chi connectivity index (χ0v) is 5.80. The van der Waals surface area contributed by atoms with Crippen molar-refractivity contribution in [2.45, 2.75) is 12.8 Å². The predicted molar refractivity (Wildman–Crippen MR) is 34.1 cm³/mol. The Morgan fingerprint density at radius 3 is 2.67 bits per heavy atom. The first-order valence-corrected chi connectivity index (χ1v) is 3.09. The van der Waals surface area contributed by atoms with Crippen LogP contribution in [0, 0.1) is 0 Å². The molecule has 0 aliphatic heterocycles. The molecule has 0 aromatic carbocycles. The van der Waals surface area contributed by atoms with Crippen molar-refractivity contribution >= 4 is 0 Å². The van der Waals surface area contributed by atoms with Crippen LogP contribution < -0.4 is 0 Å². The van der Waals surface area contributed by atoms with Gasteiger partial charge in [-0.1, -0.05) is 0 Å². The fraction of sp³-hybridized carbons (Fsp3) is 1.00. The zero-order valence-electron chi connectivity index (χ0n) is 5.80. The third kappa shape index (κ3) is 7.88. The van der Waals surface area contributed by atoms with Crippen LogP contribution >= 0.6 is 0 Å². The SMILES string of the molecule is COCOCCCCO. The molecule has 0 saturated heterocycles. The molecule has 0 spiro atoms. The first kappa shape index (κ1) is 8.88. The van der Waals surface area contributed by atoms with Gasteiger partial charge in [0, 0.05) is 20.3 Å². The molecule has 9 heavy (non-hydrogen) atoms. The highest BCUT2D eigenvalue weighted by Crippen LogP contribution is 1.87. The van der Waals surface area contributed by atoms with Crippen LogP contribution in [-0.4, -0.2) is 32.2 Å². The van der Waals surface area contributed by atoms with Gasteiger partial charge in [-0.15, -0.1) is 0 Å². The quantitative estimate of drug-likeness (QED) is 0.421. The van der Waals surface area contributed by atoms with E-state index >= 15 is 0 Å². The minimum absolute atomic E-state index is 0.246. The summed E-state index contributed by atoms with van der Waals surface area (Å²) in [7, 11) is 1.59. The molecular weight excluding hydrogens is 120 g/mol. The topological polar surface area (TPSA) is 38.7 Å². The van der Waals surface area contributed by atoms with E-state index in [0.29, 0.717) is 13.4 Å². The van der Waals surface area contributed by atoms with Crippen LogP contribution in [0.15, 0.2) is 0 Å². The van der Waals surface area contributed by atoms with Crippen molar-refractivity contribution in [1.82, 2.24) is 0 Å². The van der Waals surface area contributed by atoms with Gasteiger partial charge in [-0.3, -0.25) is 0 Å². The average Bonchev–Trinajstić information content (AvgIpc) is 1.89. The van der Waals surface area contributed by atoms with Gasteiger partial charge in [-0.2, -0.15) is 0 Å². The lowest BCUT2D eigenvalue weighted by atomic mass is 10.3. The van der Waals surface area contributed by atoms with Crippen molar-refractivity contribution in [3.63, 3.8) is 0 Å². The van der Waals surface area contributed by atoms with Gasteiger partial charge in [-0.05, 0) is 12.8 Å². The third-order valence-corrected chi connectivity index (χ3v) is 0.898. The number of ether oxygens (including phenoxy) is 2. The van der Waals surface area contributed by atoms with Crippen LogP contribution in [0.2, 0.25) is 0 Å². The normalized spacial score (nSPS) is 10.0. The highest BCUT2D eigenvalue weighted by Gasteiger charge is 1.85. The Kier molecular flexibility index (Phi) is 7.77. The molecule has 0 rings (SSSR count). The number of hydrogen-bond acceptors (Lipinski definition) is 3. The van der Waals surface area contributed by atoms with Gasteiger partial charge in [0.2, 0.25) is 0 Å². The predicted octanol–water partition coefficient (Wildman–Crippen LogP) is 0.379. The fourth-order valence-corrected chi connectivity index (χ4v) is 0.458. The summed E-state index contributed by atoms with van der Waals surface area (Å²) >= 11 is 0. The molecule has 0 aromatic rings. The standard InChI is InChI=1S/C6H14O3/c1-8-6-9-5-3-2-4-7/h7H,2-6H2,1H3. The lowest BCUT2D eigenvalue weighted by Crippen LogP contribution is -1.98. The van der Waals surface area contributed by atoms with E-state index in [1.807, 2.05) is 0 Å². The maximum atomic E-state index is 8.34. The summed E-state index contributed by atoms with van der Waals surface area (Å²) in [4.78, 5) is 0. The van der Waals surface area contributed by atoms with Crippen LogP contribution in [0.5, 0.6) is 0 Å². The summed E-state index contributed by atoms with van der Waals surface area (Å²) in [5.41, 5.74) is 0. The Balaban J connectivity index is 2.60. The van der Waals surface area contributed by atoms with Crippen molar-refractivity contribution < 1.29 is 14.6 Å². The molecule has 0 heterocycles. The number of aliphatic hydroxyl groups is 1. The zero-order chi connectivity index (χ0) is 6.95. The Morgan fingerprint density at radius 2 is 2.11 bits per heavy atom. The molecule has 0 bridgehead atoms. The van der Waals surface area contributed by atoms with Crippen molar-refractivity contribution in [3.8, 4) is 0 Å². The number of unbranched alkanes of at least 4 members (excludes halogenated alkanes) is 1. The van der Waals surface area contributed by atoms with Gasteiger partial charge in [-0.25, -0.2) is 0 Å². The van der Waals surface area contributed by atoms with Crippen molar-refractivity contribution in [2.24, 2.45) is 0 Å². The number of methoxy groups -OCH3 is 1. The molecule has 0 fully saturated rings. The van der Waals surface area contributed by atoms with E-state index in [1.165, 1.54) is 0 Å². The van der Waals surface area contributed by atoms with Crippen molar-refractivity contribution in [3.05, 3.63) is 0 Å². The Bertz CT molecular complexity index is 41.6. The maximum absolute atomic E-state index is 8.34. The Labute approximate surface area is 55.6 Å². The van der Waals surface area contributed by atoms with Gasteiger partial charge >= 0.3 is 0 Å². The van der Waals surface area contributed by atoms with E-state index in [9.17, 15) is 0 Å². The van der Waals surface area contributed by atoms with E-state index in [0.717, 1.165) is 12.8 Å². The van der Waals surface area contributed by atoms with Crippen LogP contribution in [0.25, 0.3) is 0 Å². The molecular formula is C6H14O3. The van der Waals surface area contributed by atoms with E-state index in [1.54, 1.807) is 7.11 Å². The molecule has 0 aliphatic rings. The third-order valence-electron chi connectivity index (χ3n) is 0.898. The van der Waals surface area contributed by atoms with E-state index in [-0.39, 0.29) is 6.61 Å². The number of rotatable bonds is 6. The summed E-state index contributed by atoms with van der Waals surface area (Å²) < 4.78 is 9.59. The minimum atomic E-state index is 0.246. The highest BCUT2D eigenvalue weighted by molar-refractivity contribution is 4.33. The lowest BCUT2D eigenvalue weighted by Gasteiger charge is -1.99. The van der Waals surface area contributed by atoms with E-state index < -0.39 is 0 Å². The number of hydrogen-bond donors (Lipinski definition) is 1. The maximum Gasteiger partial charge on any atom is 0.146 e. The highest BCUT2D eigenvalue weighted by atomic mass is 16.7. The molecule has 0 atom stereocenters. The molecule has 0 unspecified atom stereocenters. The van der Waals surface area contributed by atoms with Gasteiger partial charge in [0.25, 0.3) is 0 Å². The average molecular weight is 134 g/mol. The van der Waals surface area contributed by atoms with Crippen molar-refractivity contribution in [1.29, 1.82) is 0 Å². The van der Waals surface area contributed by atoms with Crippen molar-refractivity contribution in [2.75, 3.05) is 27.1 Å². The monoisotopic (exact) mass is 134 g/mol. The second-order valence-corrected chi connectivity index (χ2v) is 1.75. The second kappa shape index (κ2) is 7.88. The molecule has 3 nitrogen and oxygen atoms in total. The summed E-state index contributed by atoms with van der Waals surface area (Å²) in [5, 5.41) is 8.34. The molecule has 0 amide bonds. The van der Waals surface area contributed by atoms with Gasteiger partial charge < -0.3 is 14.6 Å². The van der Waals surface area contributed by atoms with Gasteiger partial charge in [0.15, 0.2) is 0 Å².